The highest BCUT2D eigenvalue weighted by Crippen LogP contribution is 2.31. The third-order valence-corrected chi connectivity index (χ3v) is 7.01. The van der Waals surface area contributed by atoms with E-state index in [9.17, 15) is 27.6 Å². The number of nitrogens with zero attached hydrogens (tertiary/aromatic N) is 3. The molecule has 216 valence electrons. The van der Waals surface area contributed by atoms with Crippen LogP contribution in [0, 0.1) is 5.92 Å². The van der Waals surface area contributed by atoms with Crippen molar-refractivity contribution >= 4 is 46.9 Å². The fraction of sp³-hybridized carbons (Fsp3) is 0.538. The van der Waals surface area contributed by atoms with Crippen molar-refractivity contribution in [3.8, 4) is 0 Å². The van der Waals surface area contributed by atoms with Gasteiger partial charge >= 0.3 is 12.1 Å². The fourth-order valence-corrected chi connectivity index (χ4v) is 4.69. The molecule has 2 amide bonds. The second-order valence-corrected chi connectivity index (χ2v) is 10.3. The molecule has 0 spiro atoms. The van der Waals surface area contributed by atoms with E-state index in [4.69, 9.17) is 14.9 Å². The molecule has 14 heteroatoms. The summed E-state index contributed by atoms with van der Waals surface area (Å²) in [5.41, 5.74) is 1.77. The first kappa shape index (κ1) is 29.0. The van der Waals surface area contributed by atoms with Gasteiger partial charge < -0.3 is 15.7 Å². The Morgan fingerprint density at radius 2 is 1.75 bits per heavy atom. The molecule has 0 aromatic carbocycles. The highest BCUT2D eigenvalue weighted by Gasteiger charge is 2.38. The number of aliphatic carboxylic acids is 1. The zero-order chi connectivity index (χ0) is 29.0. The normalized spacial score (nSPS) is 22.1. The topological polar surface area (TPSA) is 155 Å². The number of carboxylic acids is 1. The van der Waals surface area contributed by atoms with Gasteiger partial charge in [0, 0.05) is 42.1 Å². The summed E-state index contributed by atoms with van der Waals surface area (Å²) < 4.78 is 33.5. The van der Waals surface area contributed by atoms with E-state index in [2.05, 4.69) is 21.0 Å². The molecule has 2 aliphatic carbocycles. The molecule has 2 aromatic rings. The first-order chi connectivity index (χ1) is 18.9. The summed E-state index contributed by atoms with van der Waals surface area (Å²) in [4.78, 5) is 49.1. The van der Waals surface area contributed by atoms with Crippen LogP contribution in [0.15, 0.2) is 17.8 Å². The predicted octanol–water partition coefficient (Wildman–Crippen LogP) is 3.71. The first-order valence-electron chi connectivity index (χ1n) is 13.2. The van der Waals surface area contributed by atoms with Gasteiger partial charge in [0.05, 0.1) is 12.6 Å². The Kier molecular flexibility index (Phi) is 8.74. The molecule has 2 saturated carbocycles. The molecule has 0 radical (unpaired) electrons. The van der Waals surface area contributed by atoms with Crippen LogP contribution in [0.25, 0.3) is 11.7 Å². The van der Waals surface area contributed by atoms with E-state index in [0.29, 0.717) is 53.4 Å². The van der Waals surface area contributed by atoms with Crippen LogP contribution in [-0.4, -0.2) is 61.5 Å². The van der Waals surface area contributed by atoms with E-state index >= 15 is 0 Å². The summed E-state index contributed by atoms with van der Waals surface area (Å²) in [5.74, 6) is -0.920. The predicted molar refractivity (Wildman–Crippen MR) is 138 cm³/mol. The van der Waals surface area contributed by atoms with Gasteiger partial charge in [-0.1, -0.05) is 6.92 Å². The summed E-state index contributed by atoms with van der Waals surface area (Å²) in [6.07, 6.45) is 6.09. The number of anilines is 2. The minimum atomic E-state index is -5.08. The van der Waals surface area contributed by atoms with Gasteiger partial charge in [-0.05, 0) is 50.5 Å². The first-order valence-corrected chi connectivity index (χ1v) is 13.2. The fourth-order valence-electron chi connectivity index (χ4n) is 4.69. The maximum atomic E-state index is 12.0. The molecule has 0 atom stereocenters. The zero-order valence-corrected chi connectivity index (χ0v) is 21.9. The number of carbonyl (C=O) groups is 4. The van der Waals surface area contributed by atoms with Gasteiger partial charge in [-0.2, -0.15) is 22.8 Å². The third kappa shape index (κ3) is 7.57. The largest absolute Gasteiger partial charge is 0.490 e. The maximum Gasteiger partial charge on any atom is 0.490 e. The summed E-state index contributed by atoms with van der Waals surface area (Å²) >= 11 is 0. The number of Topliss-reactive ketones (excluding diaryl/α,β-unsaturated/α-hetero) is 1. The van der Waals surface area contributed by atoms with E-state index in [0.717, 1.165) is 50.2 Å². The molecular formula is C26H31F3N6O5. The number of nitrogens with one attached hydrogen (secondary N) is 3. The van der Waals surface area contributed by atoms with Gasteiger partial charge in [0.2, 0.25) is 5.91 Å². The number of hydrogen-bond acceptors (Lipinski definition) is 8. The van der Waals surface area contributed by atoms with Crippen molar-refractivity contribution < 1.29 is 37.5 Å². The number of rotatable bonds is 8. The number of alkyl halides is 3. The van der Waals surface area contributed by atoms with Crippen molar-refractivity contribution in [1.29, 1.82) is 0 Å². The standard InChI is InChI=1S/C24H30N6O3.C2HF3O2/c1-2-19(31)9-14-3-5-17(6-4-14)26-20-12-21(27-18-7-8-18)30-23(28-20)16(13-25-30)10-15-11-22(32)29-24(15)33;3-2(4,5)1(6)7/h10,12-14,17-18,27H,2-9,11H2,1H3,(H,26,28)(H,29,32,33);(H,6,7)/b15-10+;. The Morgan fingerprint density at radius 1 is 1.12 bits per heavy atom. The molecular weight excluding hydrogens is 533 g/mol. The van der Waals surface area contributed by atoms with Gasteiger partial charge in [0.15, 0.2) is 5.65 Å². The SMILES string of the molecule is CCC(=O)CC1CCC(Nc2cc(NC3CC3)n3ncc(/C=C4\CC(=O)NC4=O)c3n2)CC1.O=C(O)C(F)(F)F. The van der Waals surface area contributed by atoms with Crippen molar-refractivity contribution in [2.75, 3.05) is 10.6 Å². The van der Waals surface area contributed by atoms with E-state index in [1.54, 1.807) is 16.8 Å². The van der Waals surface area contributed by atoms with E-state index in [1.165, 1.54) is 0 Å². The Bertz CT molecular complexity index is 1330. The van der Waals surface area contributed by atoms with Crippen LogP contribution < -0.4 is 16.0 Å². The summed E-state index contributed by atoms with van der Waals surface area (Å²) in [6, 6.07) is 2.75. The summed E-state index contributed by atoms with van der Waals surface area (Å²) in [5, 5.41) is 21.0. The quantitative estimate of drug-likeness (QED) is 0.277. The van der Waals surface area contributed by atoms with Crippen LogP contribution in [0.4, 0.5) is 24.8 Å². The third-order valence-electron chi connectivity index (χ3n) is 7.01. The molecule has 3 aliphatic rings. The lowest BCUT2D eigenvalue weighted by Gasteiger charge is -2.29. The van der Waals surface area contributed by atoms with Gasteiger partial charge in [-0.15, -0.1) is 0 Å². The number of carboxylic acid groups (broad SMARTS) is 1. The lowest BCUT2D eigenvalue weighted by Crippen LogP contribution is -2.27. The number of amides is 2. The minimum absolute atomic E-state index is 0.0745. The smallest absolute Gasteiger partial charge is 0.475 e. The Morgan fingerprint density at radius 3 is 2.30 bits per heavy atom. The molecule has 0 bridgehead atoms. The van der Waals surface area contributed by atoms with Crippen molar-refractivity contribution in [2.45, 2.75) is 83.0 Å². The van der Waals surface area contributed by atoms with Crippen LogP contribution in [0.2, 0.25) is 0 Å². The maximum absolute atomic E-state index is 12.0. The van der Waals surface area contributed by atoms with Gasteiger partial charge in [0.1, 0.15) is 17.4 Å². The van der Waals surface area contributed by atoms with Crippen LogP contribution in [0.1, 0.15) is 70.3 Å². The number of ketones is 1. The number of carbonyl (C=O) groups excluding carboxylic acids is 3. The van der Waals surface area contributed by atoms with Crippen LogP contribution >= 0.6 is 0 Å². The van der Waals surface area contributed by atoms with Gasteiger partial charge in [-0.25, -0.2) is 9.78 Å². The van der Waals surface area contributed by atoms with Crippen LogP contribution in [0.5, 0.6) is 0 Å². The van der Waals surface area contributed by atoms with Gasteiger partial charge in [-0.3, -0.25) is 19.7 Å². The van der Waals surface area contributed by atoms with Gasteiger partial charge in [0.25, 0.3) is 5.91 Å². The second-order valence-electron chi connectivity index (χ2n) is 10.3. The van der Waals surface area contributed by atoms with Crippen molar-refractivity contribution in [1.82, 2.24) is 19.9 Å². The minimum Gasteiger partial charge on any atom is -0.475 e. The highest BCUT2D eigenvalue weighted by molar-refractivity contribution is 6.15. The van der Waals surface area contributed by atoms with Crippen molar-refractivity contribution in [3.63, 3.8) is 0 Å². The molecule has 0 unspecified atom stereocenters. The molecule has 5 rings (SSSR count). The Hall–Kier alpha value is -3.97. The highest BCUT2D eigenvalue weighted by atomic mass is 19.4. The van der Waals surface area contributed by atoms with Crippen LogP contribution in [0.3, 0.4) is 0 Å². The second kappa shape index (κ2) is 12.0. The van der Waals surface area contributed by atoms with Crippen molar-refractivity contribution in [2.24, 2.45) is 5.92 Å². The molecule has 1 aliphatic heterocycles. The van der Waals surface area contributed by atoms with Crippen LogP contribution in [-0.2, 0) is 19.2 Å². The number of fused-ring (bicyclic) bond motifs is 1. The number of imide groups is 1. The van der Waals surface area contributed by atoms with E-state index in [1.807, 2.05) is 13.0 Å². The number of halogens is 3. The van der Waals surface area contributed by atoms with Crippen molar-refractivity contribution in [3.05, 3.63) is 23.4 Å². The Labute approximate surface area is 227 Å². The number of aromatic nitrogens is 3. The molecule has 3 fully saturated rings. The number of hydrogen-bond donors (Lipinski definition) is 4. The lowest BCUT2D eigenvalue weighted by molar-refractivity contribution is -0.192. The lowest BCUT2D eigenvalue weighted by atomic mass is 9.83. The summed E-state index contributed by atoms with van der Waals surface area (Å²) in [6.45, 7) is 1.93. The molecule has 2 aromatic heterocycles. The summed E-state index contributed by atoms with van der Waals surface area (Å²) in [7, 11) is 0. The Balaban J connectivity index is 0.000000470. The molecule has 3 heterocycles. The average Bonchev–Trinajstić information content (AvgIpc) is 3.53. The molecule has 40 heavy (non-hydrogen) atoms. The zero-order valence-electron chi connectivity index (χ0n) is 21.9. The molecule has 11 nitrogen and oxygen atoms in total. The van der Waals surface area contributed by atoms with E-state index in [-0.39, 0.29) is 18.2 Å². The molecule has 4 N–H and O–H groups in total. The monoisotopic (exact) mass is 564 g/mol. The molecule has 1 saturated heterocycles. The van der Waals surface area contributed by atoms with E-state index < -0.39 is 12.1 Å². The average molecular weight is 565 g/mol.